The minimum absolute atomic E-state index is 0.819. The van der Waals surface area contributed by atoms with Crippen LogP contribution in [0.25, 0.3) is 99.5 Å². The number of benzene rings is 7. The Kier molecular flexibility index (Phi) is 5.32. The van der Waals surface area contributed by atoms with Crippen molar-refractivity contribution in [3.63, 3.8) is 0 Å². The van der Waals surface area contributed by atoms with E-state index in [1.807, 2.05) is 24.3 Å². The summed E-state index contributed by atoms with van der Waals surface area (Å²) in [5, 5.41) is 5.67. The molecule has 0 radical (unpaired) electrons. The minimum Gasteiger partial charge on any atom is -0.455 e. The van der Waals surface area contributed by atoms with Gasteiger partial charge in [-0.3, -0.25) is 8.97 Å². The zero-order valence-electron chi connectivity index (χ0n) is 26.2. The Labute approximate surface area is 279 Å². The fourth-order valence-corrected chi connectivity index (χ4v) is 7.66. The average Bonchev–Trinajstić information content (AvgIpc) is 3.84. The first-order chi connectivity index (χ1) is 24.3. The maximum Gasteiger partial charge on any atom is 0.221 e. The summed E-state index contributed by atoms with van der Waals surface area (Å²) in [5.74, 6) is 0.819. The molecular formula is C44H26N4O. The van der Waals surface area contributed by atoms with Gasteiger partial charge in [-0.15, -0.1) is 0 Å². The first-order valence-electron chi connectivity index (χ1n) is 16.5. The molecule has 7 aromatic carbocycles. The van der Waals surface area contributed by atoms with E-state index in [1.165, 1.54) is 10.8 Å². The summed E-state index contributed by atoms with van der Waals surface area (Å²) in [5.41, 5.74) is 12.3. The Morgan fingerprint density at radius 1 is 0.429 bits per heavy atom. The van der Waals surface area contributed by atoms with Crippen LogP contribution in [-0.2, 0) is 0 Å². The summed E-state index contributed by atoms with van der Waals surface area (Å²) in [6, 6.07) is 55.4. The molecule has 49 heavy (non-hydrogen) atoms. The van der Waals surface area contributed by atoms with E-state index in [0.29, 0.717) is 0 Å². The monoisotopic (exact) mass is 626 g/mol. The number of rotatable bonds is 3. The molecule has 0 saturated carbocycles. The second-order valence-electron chi connectivity index (χ2n) is 12.6. The molecule has 0 spiro atoms. The van der Waals surface area contributed by atoms with Crippen LogP contribution in [0.4, 0.5) is 0 Å². The van der Waals surface area contributed by atoms with Crippen LogP contribution in [0.1, 0.15) is 0 Å². The molecule has 0 atom stereocenters. The van der Waals surface area contributed by atoms with E-state index in [1.54, 1.807) is 0 Å². The molecule has 0 bridgehead atoms. The normalized spacial score (nSPS) is 12.1. The lowest BCUT2D eigenvalue weighted by molar-refractivity contribution is 0.670. The van der Waals surface area contributed by atoms with E-state index >= 15 is 0 Å². The SMILES string of the molecule is c1ccc2c(c1)nc(-n1c3ccccc3c3ccc(-c4ccc(-c5cccc6c5oc5ccccc56)cc4)cc31)n1c3ccccc3nc21. The van der Waals surface area contributed by atoms with Gasteiger partial charge in [0.1, 0.15) is 16.8 Å². The van der Waals surface area contributed by atoms with Crippen molar-refractivity contribution in [2.24, 2.45) is 0 Å². The second kappa shape index (κ2) is 9.89. The third-order valence-corrected chi connectivity index (χ3v) is 9.93. The van der Waals surface area contributed by atoms with Crippen LogP contribution in [0.15, 0.2) is 162 Å². The van der Waals surface area contributed by atoms with Crippen molar-refractivity contribution < 1.29 is 4.42 Å². The largest absolute Gasteiger partial charge is 0.455 e. The van der Waals surface area contributed by atoms with Gasteiger partial charge in [-0.1, -0.05) is 115 Å². The first-order valence-corrected chi connectivity index (χ1v) is 16.5. The molecular weight excluding hydrogens is 601 g/mol. The number of para-hydroxylation sites is 6. The van der Waals surface area contributed by atoms with Crippen LogP contribution < -0.4 is 0 Å². The van der Waals surface area contributed by atoms with E-state index in [0.717, 1.165) is 88.8 Å². The topological polar surface area (TPSA) is 48.3 Å². The van der Waals surface area contributed by atoms with Gasteiger partial charge in [0.2, 0.25) is 5.95 Å². The summed E-state index contributed by atoms with van der Waals surface area (Å²) < 4.78 is 10.9. The lowest BCUT2D eigenvalue weighted by Gasteiger charge is -2.13. The van der Waals surface area contributed by atoms with Gasteiger partial charge in [-0.2, -0.15) is 0 Å². The molecule has 0 aliphatic carbocycles. The zero-order valence-corrected chi connectivity index (χ0v) is 26.2. The summed E-state index contributed by atoms with van der Waals surface area (Å²) in [6.07, 6.45) is 0. The van der Waals surface area contributed by atoms with Crippen LogP contribution in [0.2, 0.25) is 0 Å². The van der Waals surface area contributed by atoms with Crippen molar-refractivity contribution in [3.8, 4) is 28.2 Å². The van der Waals surface area contributed by atoms with Gasteiger partial charge in [0.05, 0.1) is 27.6 Å². The Morgan fingerprint density at radius 3 is 1.96 bits per heavy atom. The predicted molar refractivity (Wildman–Crippen MR) is 200 cm³/mol. The highest BCUT2D eigenvalue weighted by Crippen LogP contribution is 2.39. The molecule has 4 aromatic heterocycles. The number of furan rings is 1. The fraction of sp³-hybridized carbons (Fsp3) is 0. The number of hydrogen-bond acceptors (Lipinski definition) is 3. The average molecular weight is 627 g/mol. The quantitative estimate of drug-likeness (QED) is 0.196. The lowest BCUT2D eigenvalue weighted by atomic mass is 9.98. The predicted octanol–water partition coefficient (Wildman–Crippen LogP) is 11.4. The molecule has 5 nitrogen and oxygen atoms in total. The van der Waals surface area contributed by atoms with Gasteiger partial charge < -0.3 is 4.42 Å². The van der Waals surface area contributed by atoms with Gasteiger partial charge in [-0.25, -0.2) is 9.97 Å². The highest BCUT2D eigenvalue weighted by atomic mass is 16.3. The molecule has 5 heteroatoms. The minimum atomic E-state index is 0.819. The van der Waals surface area contributed by atoms with E-state index in [-0.39, 0.29) is 0 Å². The Bertz CT molecular complexity index is 3110. The van der Waals surface area contributed by atoms with Crippen LogP contribution in [0.5, 0.6) is 0 Å². The van der Waals surface area contributed by atoms with Gasteiger partial charge >= 0.3 is 0 Å². The van der Waals surface area contributed by atoms with Crippen LogP contribution >= 0.6 is 0 Å². The number of hydrogen-bond donors (Lipinski definition) is 0. The van der Waals surface area contributed by atoms with Crippen LogP contribution in [-0.4, -0.2) is 18.9 Å². The van der Waals surface area contributed by atoms with Crippen molar-refractivity contribution in [1.29, 1.82) is 0 Å². The Hall–Kier alpha value is -6.72. The first kappa shape index (κ1) is 26.4. The summed E-state index contributed by atoms with van der Waals surface area (Å²) in [6.45, 7) is 0. The maximum absolute atomic E-state index is 6.35. The third-order valence-electron chi connectivity index (χ3n) is 9.93. The second-order valence-corrected chi connectivity index (χ2v) is 12.6. The smallest absolute Gasteiger partial charge is 0.221 e. The van der Waals surface area contributed by atoms with Crippen molar-refractivity contribution in [3.05, 3.63) is 158 Å². The third kappa shape index (κ3) is 3.75. The Morgan fingerprint density at radius 2 is 1.08 bits per heavy atom. The molecule has 0 amide bonds. The number of fused-ring (bicyclic) bond motifs is 11. The molecule has 0 unspecified atom stereocenters. The highest BCUT2D eigenvalue weighted by molar-refractivity contribution is 6.11. The highest BCUT2D eigenvalue weighted by Gasteiger charge is 2.20. The molecule has 0 aliphatic heterocycles. The number of aromatic nitrogens is 4. The molecule has 4 heterocycles. The van der Waals surface area contributed by atoms with Gasteiger partial charge in [0.25, 0.3) is 0 Å². The van der Waals surface area contributed by atoms with Crippen LogP contribution in [0, 0.1) is 0 Å². The van der Waals surface area contributed by atoms with Crippen molar-refractivity contribution in [1.82, 2.24) is 18.9 Å². The van der Waals surface area contributed by atoms with Gasteiger partial charge in [0, 0.05) is 32.5 Å². The molecule has 11 aromatic rings. The van der Waals surface area contributed by atoms with E-state index < -0.39 is 0 Å². The number of imidazole rings is 1. The number of nitrogens with zero attached hydrogens (tertiary/aromatic N) is 4. The molecule has 0 saturated heterocycles. The van der Waals surface area contributed by atoms with Crippen molar-refractivity contribution in [2.45, 2.75) is 0 Å². The van der Waals surface area contributed by atoms with E-state index in [4.69, 9.17) is 14.4 Å². The van der Waals surface area contributed by atoms with Gasteiger partial charge in [-0.05, 0) is 59.2 Å². The zero-order chi connectivity index (χ0) is 32.1. The van der Waals surface area contributed by atoms with E-state index in [2.05, 4.69) is 142 Å². The molecule has 11 rings (SSSR count). The standard InChI is InChI=1S/C44H26N4O/c1-4-15-36-35(12-1)43-45-37-16-5-7-18-39(37)48(43)44(46-36)47-38-17-6-2-10-31(38)32-25-24-29(26-40(32)47)27-20-22-28(23-21-27)30-13-9-14-34-33-11-3-8-19-41(33)49-42(30)34/h1-26H. The summed E-state index contributed by atoms with van der Waals surface area (Å²) >= 11 is 0. The van der Waals surface area contributed by atoms with Crippen molar-refractivity contribution >= 4 is 71.3 Å². The van der Waals surface area contributed by atoms with Crippen molar-refractivity contribution in [2.75, 3.05) is 0 Å². The molecule has 0 aliphatic rings. The maximum atomic E-state index is 6.35. The molecule has 228 valence electrons. The molecule has 0 fully saturated rings. The molecule has 0 N–H and O–H groups in total. The van der Waals surface area contributed by atoms with Crippen LogP contribution in [0.3, 0.4) is 0 Å². The fourth-order valence-electron chi connectivity index (χ4n) is 7.66. The summed E-state index contributed by atoms with van der Waals surface area (Å²) in [4.78, 5) is 10.4. The lowest BCUT2D eigenvalue weighted by Crippen LogP contribution is -2.06. The Balaban J connectivity index is 1.12. The van der Waals surface area contributed by atoms with Gasteiger partial charge in [0.15, 0.2) is 0 Å². The van der Waals surface area contributed by atoms with E-state index in [9.17, 15) is 0 Å². The summed E-state index contributed by atoms with van der Waals surface area (Å²) in [7, 11) is 0.